The van der Waals surface area contributed by atoms with E-state index in [0.717, 1.165) is 13.8 Å². The molecule has 1 aromatic rings. The Balaban J connectivity index is 3.14. The second-order valence-electron chi connectivity index (χ2n) is 21.5. The molecule has 35 nitrogen and oxygen atoms in total. The number of hydrogen-bond donors (Lipinski definition) is 21. The van der Waals surface area contributed by atoms with E-state index < -0.39 is 207 Å². The van der Waals surface area contributed by atoms with E-state index in [1.807, 2.05) is 6.92 Å². The first-order chi connectivity index (χ1) is 41.0. The predicted octanol–water partition coefficient (Wildman–Crippen LogP) is -9.45. The second kappa shape index (κ2) is 37.8. The number of aliphatic hydroxyl groups is 5. The molecule has 1 rings (SSSR count). The number of primary amides is 2. The van der Waals surface area contributed by atoms with Crippen LogP contribution in [0.15, 0.2) is 24.3 Å². The van der Waals surface area contributed by atoms with E-state index in [1.54, 1.807) is 20.8 Å². The summed E-state index contributed by atoms with van der Waals surface area (Å²) in [6, 6.07) is -13.5. The molecule has 0 aromatic heterocycles. The Kier molecular flexibility index (Phi) is 33.2. The summed E-state index contributed by atoms with van der Waals surface area (Å²) in [6.45, 7) is 7.59. The van der Waals surface area contributed by atoms with Crippen molar-refractivity contribution in [3.63, 3.8) is 0 Å². The first-order valence-corrected chi connectivity index (χ1v) is 27.8. The number of rotatable bonds is 39. The molecule has 88 heavy (non-hydrogen) atoms. The quantitative estimate of drug-likeness (QED) is 0.0291. The van der Waals surface area contributed by atoms with E-state index in [2.05, 4.69) is 58.5 Å². The predicted molar refractivity (Wildman–Crippen MR) is 306 cm³/mol. The number of aliphatic carboxylic acids is 1. The fourth-order valence-electron chi connectivity index (χ4n) is 7.92. The zero-order valence-electron chi connectivity index (χ0n) is 50.0. The number of nitrogens with one attached hydrogen (secondary N) is 11. The van der Waals surface area contributed by atoms with Gasteiger partial charge in [0.1, 0.15) is 66.2 Å². The number of aromatic hydroxyl groups is 1. The molecule has 35 heteroatoms. The van der Waals surface area contributed by atoms with Crippen LogP contribution in [0.4, 0.5) is 0 Å². The molecule has 0 saturated carbocycles. The lowest BCUT2D eigenvalue weighted by molar-refractivity contribution is -0.143. The zero-order chi connectivity index (χ0) is 67.4. The normalized spacial score (nSPS) is 16.0. The van der Waals surface area contributed by atoms with Crippen LogP contribution in [0.25, 0.3) is 0 Å². The van der Waals surface area contributed by atoms with Crippen LogP contribution < -0.4 is 75.7 Å². The summed E-state index contributed by atoms with van der Waals surface area (Å²) >= 11 is 0. The van der Waals surface area contributed by atoms with E-state index in [9.17, 15) is 103 Å². The number of aliphatic hydroxyl groups excluding tert-OH is 5. The van der Waals surface area contributed by atoms with Gasteiger partial charge < -0.3 is 111 Å². The standard InChI is InChI=1S/C53H86N14O21/c1-9-24(6)39(56)49(83)60-29(14-22(2)3)43(77)63-34(20-69)47(81)64-35(21-70)48(82)67-41(25(7)71)51(85)61-31(17-37(55)75)44(78)65-40(23(4)5)50(84)57-18-38(76)58-33(19-68)46(80)59-30(16-36(54)74)45(79)66-42(26(8)72)52(86)62-32(53(87)88)15-27-10-12-28(73)13-11-27/h10-13,22-26,29-35,39-42,68-73H,9,14-21,56H2,1-8H3,(H2,54,74)(H2,55,75)(H,57,84)(H,58,76)(H,59,80)(H,60,83)(H,61,85)(H,62,86)(H,63,77)(H,64,81)(H,65,78)(H,66,79)(H,67,82)(H,87,88)/t24-,25+,26+,29-,30-,31-,32-,33-,34-,35-,39-,40-,41-,42-/m0/s1. The van der Waals surface area contributed by atoms with Crippen LogP contribution in [0.5, 0.6) is 5.75 Å². The Hall–Kier alpha value is -8.64. The van der Waals surface area contributed by atoms with Crippen LogP contribution in [0.2, 0.25) is 0 Å². The highest BCUT2D eigenvalue weighted by molar-refractivity contribution is 6.00. The summed E-state index contributed by atoms with van der Waals surface area (Å²) in [7, 11) is 0. The third-order valence-electron chi connectivity index (χ3n) is 13.2. The molecule has 0 aliphatic heterocycles. The van der Waals surface area contributed by atoms with Crippen molar-refractivity contribution in [3.8, 4) is 5.75 Å². The number of nitrogens with two attached hydrogens (primary N) is 3. The van der Waals surface area contributed by atoms with E-state index in [-0.39, 0.29) is 30.4 Å². The molecule has 14 atom stereocenters. The summed E-state index contributed by atoms with van der Waals surface area (Å²) in [6.07, 6.45) is -5.11. The topological polar surface area (TPSA) is 591 Å². The molecule has 13 amide bonds. The molecule has 0 saturated heterocycles. The average Bonchev–Trinajstić information content (AvgIpc) is 3.52. The van der Waals surface area contributed by atoms with E-state index in [4.69, 9.17) is 17.2 Å². The van der Waals surface area contributed by atoms with Crippen molar-refractivity contribution in [2.75, 3.05) is 26.4 Å². The van der Waals surface area contributed by atoms with Crippen LogP contribution in [-0.2, 0) is 73.5 Å². The van der Waals surface area contributed by atoms with Gasteiger partial charge in [0.05, 0.1) is 57.5 Å². The summed E-state index contributed by atoms with van der Waals surface area (Å²) in [5.74, 6) is -18.1. The van der Waals surface area contributed by atoms with Crippen molar-refractivity contribution in [3.05, 3.63) is 29.8 Å². The van der Waals surface area contributed by atoms with Crippen molar-refractivity contribution >= 4 is 82.8 Å². The molecular weight excluding hydrogens is 1170 g/mol. The lowest BCUT2D eigenvalue weighted by atomic mass is 9.97. The number of carboxylic acids is 1. The minimum absolute atomic E-state index is 0.0826. The Bertz CT molecular complexity index is 2610. The van der Waals surface area contributed by atoms with Crippen LogP contribution in [0, 0.1) is 17.8 Å². The maximum atomic E-state index is 13.7. The number of carbonyl (C=O) groups excluding carboxylic acids is 13. The molecule has 494 valence electrons. The number of hydrogen-bond acceptors (Lipinski definition) is 21. The maximum Gasteiger partial charge on any atom is 0.326 e. The fraction of sp³-hybridized carbons (Fsp3) is 0.623. The van der Waals surface area contributed by atoms with Gasteiger partial charge in [0.25, 0.3) is 0 Å². The Morgan fingerprint density at radius 3 is 1.22 bits per heavy atom. The first kappa shape index (κ1) is 77.4. The maximum absolute atomic E-state index is 13.7. The number of benzene rings is 1. The monoisotopic (exact) mass is 1250 g/mol. The van der Waals surface area contributed by atoms with Crippen molar-refractivity contribution in [2.45, 2.75) is 166 Å². The van der Waals surface area contributed by atoms with Gasteiger partial charge in [-0.3, -0.25) is 62.3 Å². The highest BCUT2D eigenvalue weighted by Crippen LogP contribution is 2.13. The van der Waals surface area contributed by atoms with Crippen LogP contribution >= 0.6 is 0 Å². The SMILES string of the molecule is CC[C@H](C)[C@H](N)C(=O)N[C@@H](CC(C)C)C(=O)N[C@@H](CO)C(=O)N[C@@H](CO)C(=O)N[C@H](C(=O)N[C@@H](CC(N)=O)C(=O)N[C@H](C(=O)NCC(=O)N[C@@H](CO)C(=O)N[C@@H](CC(N)=O)C(=O)N[C@H](C(=O)N[C@@H](Cc1ccc(O)cc1)C(=O)O)[C@@H](C)O)C(C)C)[C@@H](C)O. The summed E-state index contributed by atoms with van der Waals surface area (Å²) in [5.41, 5.74) is 17.0. The Morgan fingerprint density at radius 1 is 0.466 bits per heavy atom. The fourth-order valence-corrected chi connectivity index (χ4v) is 7.92. The van der Waals surface area contributed by atoms with E-state index >= 15 is 0 Å². The molecule has 0 fully saturated rings. The minimum atomic E-state index is -2.01. The summed E-state index contributed by atoms with van der Waals surface area (Å²) in [5, 5.41) is 94.4. The van der Waals surface area contributed by atoms with Crippen molar-refractivity contribution in [1.82, 2.24) is 58.5 Å². The average molecular weight is 1260 g/mol. The lowest BCUT2D eigenvalue weighted by Crippen LogP contribution is -2.63. The number of carboxylic acid groups (broad SMARTS) is 1. The van der Waals surface area contributed by atoms with Gasteiger partial charge in [-0.2, -0.15) is 0 Å². The minimum Gasteiger partial charge on any atom is -0.508 e. The molecule has 0 unspecified atom stereocenters. The molecule has 0 spiro atoms. The lowest BCUT2D eigenvalue weighted by Gasteiger charge is -2.28. The number of phenols is 1. The molecule has 24 N–H and O–H groups in total. The van der Waals surface area contributed by atoms with Gasteiger partial charge in [-0.1, -0.05) is 60.1 Å². The zero-order valence-corrected chi connectivity index (χ0v) is 50.0. The number of phenolic OH excluding ortho intramolecular Hbond substituents is 1. The third-order valence-corrected chi connectivity index (χ3v) is 13.2. The Morgan fingerprint density at radius 2 is 0.830 bits per heavy atom. The second-order valence-corrected chi connectivity index (χ2v) is 21.5. The van der Waals surface area contributed by atoms with Crippen LogP contribution in [0.1, 0.15) is 86.6 Å². The number of carbonyl (C=O) groups is 14. The molecule has 0 heterocycles. The smallest absolute Gasteiger partial charge is 0.326 e. The van der Waals surface area contributed by atoms with Gasteiger partial charge in [-0.05, 0) is 55.7 Å². The molecule has 0 bridgehead atoms. The molecular formula is C53H86N14O21. The molecule has 0 aliphatic carbocycles. The number of amides is 13. The highest BCUT2D eigenvalue weighted by Gasteiger charge is 2.38. The molecule has 0 radical (unpaired) electrons. The van der Waals surface area contributed by atoms with Gasteiger partial charge in [0.2, 0.25) is 76.8 Å². The Labute approximate surface area is 505 Å². The van der Waals surface area contributed by atoms with E-state index in [0.29, 0.717) is 12.0 Å². The van der Waals surface area contributed by atoms with Crippen molar-refractivity contribution in [1.29, 1.82) is 0 Å². The summed E-state index contributed by atoms with van der Waals surface area (Å²) < 4.78 is 0. The van der Waals surface area contributed by atoms with Gasteiger partial charge in [-0.15, -0.1) is 0 Å². The largest absolute Gasteiger partial charge is 0.508 e. The first-order valence-electron chi connectivity index (χ1n) is 27.8. The summed E-state index contributed by atoms with van der Waals surface area (Å²) in [4.78, 5) is 183. The van der Waals surface area contributed by atoms with E-state index in [1.165, 1.54) is 38.1 Å². The van der Waals surface area contributed by atoms with Crippen LogP contribution in [-0.4, -0.2) is 224 Å². The van der Waals surface area contributed by atoms with Crippen LogP contribution in [0.3, 0.4) is 0 Å². The van der Waals surface area contributed by atoms with Gasteiger partial charge >= 0.3 is 5.97 Å². The highest BCUT2D eigenvalue weighted by atomic mass is 16.4. The molecule has 1 aromatic carbocycles. The van der Waals surface area contributed by atoms with Gasteiger partial charge in [0, 0.05) is 6.42 Å². The van der Waals surface area contributed by atoms with Gasteiger partial charge in [-0.25, -0.2) is 4.79 Å². The van der Waals surface area contributed by atoms with Crippen molar-refractivity contribution in [2.24, 2.45) is 35.0 Å². The van der Waals surface area contributed by atoms with Gasteiger partial charge in [0.15, 0.2) is 0 Å². The third kappa shape index (κ3) is 26.5. The molecule has 0 aliphatic rings. The van der Waals surface area contributed by atoms with Crippen molar-refractivity contribution < 1.29 is 103 Å².